The number of benzene rings is 13. The van der Waals surface area contributed by atoms with E-state index in [1.54, 1.807) is 0 Å². The minimum absolute atomic E-state index is 1.09. The maximum absolute atomic E-state index is 2.51. The Kier molecular flexibility index (Phi) is 8.62. The molecule has 0 unspecified atom stereocenters. The van der Waals surface area contributed by atoms with Gasteiger partial charge in [0.1, 0.15) is 0 Å². The lowest BCUT2D eigenvalue weighted by atomic mass is 9.86. The van der Waals surface area contributed by atoms with E-state index in [9.17, 15) is 0 Å². The van der Waals surface area contributed by atoms with Gasteiger partial charge in [-0.3, -0.25) is 0 Å². The lowest BCUT2D eigenvalue weighted by Crippen LogP contribution is -2.12. The Labute approximate surface area is 393 Å². The number of aromatic nitrogens is 1. The SMILES string of the molecule is c1ccc(-c2c3ccccc3c(-c3ccc4c(c3)c3ccccc3n4-c3cccc(N(c4cc5ccccc5c5ccccc45)c4cc5ccccc5c5ccccc45)c3)c3ccccc23)cc1. The highest BCUT2D eigenvalue weighted by Crippen LogP contribution is 2.48. The molecule has 316 valence electrons. The van der Waals surface area contributed by atoms with Crippen LogP contribution in [0.25, 0.3) is 114 Å². The fraction of sp³-hybridized carbons (Fsp3) is 0. The van der Waals surface area contributed by atoms with Crippen molar-refractivity contribution in [2.75, 3.05) is 4.90 Å². The van der Waals surface area contributed by atoms with Crippen LogP contribution in [0, 0.1) is 0 Å². The summed E-state index contributed by atoms with van der Waals surface area (Å²) < 4.78 is 2.46. The molecule has 2 heteroatoms. The fourth-order valence-corrected chi connectivity index (χ4v) is 11.4. The third-order valence-electron chi connectivity index (χ3n) is 14.3. The minimum Gasteiger partial charge on any atom is -0.309 e. The Hall–Kier alpha value is -8.98. The van der Waals surface area contributed by atoms with Crippen molar-refractivity contribution in [2.24, 2.45) is 0 Å². The van der Waals surface area contributed by atoms with Crippen LogP contribution >= 0.6 is 0 Å². The van der Waals surface area contributed by atoms with Crippen molar-refractivity contribution in [1.29, 1.82) is 0 Å². The van der Waals surface area contributed by atoms with Gasteiger partial charge in [-0.2, -0.15) is 0 Å². The Morgan fingerprint density at radius 3 is 1.26 bits per heavy atom. The van der Waals surface area contributed by atoms with Crippen LogP contribution in [0.4, 0.5) is 17.1 Å². The smallest absolute Gasteiger partial charge is 0.0546 e. The van der Waals surface area contributed by atoms with E-state index in [-0.39, 0.29) is 0 Å². The van der Waals surface area contributed by atoms with Gasteiger partial charge in [0, 0.05) is 32.9 Å². The Morgan fingerprint density at radius 2 is 0.691 bits per heavy atom. The van der Waals surface area contributed by atoms with Crippen molar-refractivity contribution in [2.45, 2.75) is 0 Å². The summed E-state index contributed by atoms with van der Waals surface area (Å²) in [5.74, 6) is 0. The summed E-state index contributed by atoms with van der Waals surface area (Å²) in [5, 5.41) is 17.3. The summed E-state index contributed by atoms with van der Waals surface area (Å²) >= 11 is 0. The van der Waals surface area contributed by atoms with Gasteiger partial charge in [0.15, 0.2) is 0 Å². The second-order valence-corrected chi connectivity index (χ2v) is 18.0. The number of fused-ring (bicyclic) bond motifs is 11. The van der Waals surface area contributed by atoms with Crippen LogP contribution in [-0.4, -0.2) is 4.57 Å². The van der Waals surface area contributed by atoms with Gasteiger partial charge in [0.2, 0.25) is 0 Å². The number of para-hydroxylation sites is 1. The first-order valence-electron chi connectivity index (χ1n) is 23.5. The van der Waals surface area contributed by atoms with E-state index in [2.05, 4.69) is 264 Å². The number of nitrogens with zero attached hydrogens (tertiary/aromatic N) is 2. The first-order chi connectivity index (χ1) is 33.8. The molecule has 0 radical (unpaired) electrons. The third-order valence-corrected chi connectivity index (χ3v) is 14.3. The molecule has 13 aromatic carbocycles. The molecule has 14 aromatic rings. The second kappa shape index (κ2) is 15.3. The Morgan fingerprint density at radius 1 is 0.250 bits per heavy atom. The molecule has 0 saturated carbocycles. The molecule has 0 aliphatic carbocycles. The molecule has 68 heavy (non-hydrogen) atoms. The Bertz CT molecular complexity index is 4160. The molecule has 0 saturated heterocycles. The molecule has 0 spiro atoms. The molecular weight excluding hydrogens is 821 g/mol. The zero-order chi connectivity index (χ0) is 44.7. The van der Waals surface area contributed by atoms with E-state index < -0.39 is 0 Å². The number of anilines is 3. The topological polar surface area (TPSA) is 8.17 Å². The average molecular weight is 863 g/mol. The zero-order valence-electron chi connectivity index (χ0n) is 37.1. The summed E-state index contributed by atoms with van der Waals surface area (Å²) in [6.07, 6.45) is 0. The molecule has 2 nitrogen and oxygen atoms in total. The molecule has 0 aliphatic rings. The highest BCUT2D eigenvalue weighted by atomic mass is 15.1. The van der Waals surface area contributed by atoms with Crippen LogP contribution in [0.15, 0.2) is 255 Å². The van der Waals surface area contributed by atoms with Gasteiger partial charge in [-0.1, -0.05) is 206 Å². The van der Waals surface area contributed by atoms with Gasteiger partial charge in [-0.25, -0.2) is 0 Å². The van der Waals surface area contributed by atoms with Crippen molar-refractivity contribution in [1.82, 2.24) is 4.57 Å². The second-order valence-electron chi connectivity index (χ2n) is 18.0. The van der Waals surface area contributed by atoms with E-state index in [4.69, 9.17) is 0 Å². The molecule has 0 N–H and O–H groups in total. The largest absolute Gasteiger partial charge is 0.309 e. The van der Waals surface area contributed by atoms with Gasteiger partial charge in [-0.05, 0) is 125 Å². The van der Waals surface area contributed by atoms with Gasteiger partial charge >= 0.3 is 0 Å². The zero-order valence-corrected chi connectivity index (χ0v) is 37.1. The predicted octanol–water partition coefficient (Wildman–Crippen LogP) is 18.5. The molecule has 14 rings (SSSR count). The van der Waals surface area contributed by atoms with Crippen molar-refractivity contribution < 1.29 is 0 Å². The summed E-state index contributed by atoms with van der Waals surface area (Å²) in [5.41, 5.74) is 11.8. The van der Waals surface area contributed by atoms with E-state index in [1.807, 2.05) is 0 Å². The number of hydrogen-bond acceptors (Lipinski definition) is 1. The summed E-state index contributed by atoms with van der Waals surface area (Å²) in [6, 6.07) is 94.0. The molecule has 0 aliphatic heterocycles. The van der Waals surface area contributed by atoms with Crippen molar-refractivity contribution in [3.63, 3.8) is 0 Å². The maximum Gasteiger partial charge on any atom is 0.0546 e. The molecule has 0 amide bonds. The highest BCUT2D eigenvalue weighted by molar-refractivity contribution is 6.23. The minimum atomic E-state index is 1.09. The molecule has 1 aromatic heterocycles. The normalized spacial score (nSPS) is 11.8. The first-order valence-corrected chi connectivity index (χ1v) is 23.5. The molecule has 0 atom stereocenters. The van der Waals surface area contributed by atoms with E-state index in [0.29, 0.717) is 0 Å². The summed E-state index contributed by atoms with van der Waals surface area (Å²) in [6.45, 7) is 0. The molecular formula is C66H42N2. The summed E-state index contributed by atoms with van der Waals surface area (Å²) in [7, 11) is 0. The predicted molar refractivity (Wildman–Crippen MR) is 291 cm³/mol. The quantitative estimate of drug-likeness (QED) is 0.119. The molecule has 1 heterocycles. The maximum atomic E-state index is 2.51. The van der Waals surface area contributed by atoms with Crippen LogP contribution in [-0.2, 0) is 0 Å². The van der Waals surface area contributed by atoms with E-state index in [0.717, 1.165) is 22.7 Å². The highest BCUT2D eigenvalue weighted by Gasteiger charge is 2.23. The van der Waals surface area contributed by atoms with Gasteiger partial charge in [0.25, 0.3) is 0 Å². The van der Waals surface area contributed by atoms with Gasteiger partial charge < -0.3 is 9.47 Å². The van der Waals surface area contributed by atoms with Crippen molar-refractivity contribution in [3.05, 3.63) is 255 Å². The van der Waals surface area contributed by atoms with Crippen LogP contribution in [0.2, 0.25) is 0 Å². The van der Waals surface area contributed by atoms with Crippen molar-refractivity contribution >= 4 is 104 Å². The van der Waals surface area contributed by atoms with E-state index >= 15 is 0 Å². The average Bonchev–Trinajstić information content (AvgIpc) is 3.74. The standard InChI is InChI=1S/C66H42N2/c1-2-19-43(20-3-1)65-56-32-12-14-34-58(56)66(59-35-15-13-33-57(59)65)46-37-38-62-60(39-46)55-31-16-17-36-61(55)67(62)47-23-18-24-48(42-47)68(63-40-44-21-4-6-25-49(44)51-27-8-10-29-53(51)63)64-41-45-22-5-7-26-50(45)52-28-9-11-30-54(52)64/h1-42H. The monoisotopic (exact) mass is 862 g/mol. The van der Waals surface area contributed by atoms with Crippen LogP contribution in [0.3, 0.4) is 0 Å². The van der Waals surface area contributed by atoms with E-state index in [1.165, 1.54) is 109 Å². The van der Waals surface area contributed by atoms with Gasteiger partial charge in [-0.15, -0.1) is 0 Å². The van der Waals surface area contributed by atoms with Crippen LogP contribution in [0.1, 0.15) is 0 Å². The van der Waals surface area contributed by atoms with Crippen LogP contribution in [0.5, 0.6) is 0 Å². The lowest BCUT2D eigenvalue weighted by molar-refractivity contribution is 1.17. The number of hydrogen-bond donors (Lipinski definition) is 0. The summed E-state index contributed by atoms with van der Waals surface area (Å²) in [4.78, 5) is 2.51. The fourth-order valence-electron chi connectivity index (χ4n) is 11.4. The molecule has 0 bridgehead atoms. The lowest BCUT2D eigenvalue weighted by Gasteiger charge is -2.30. The van der Waals surface area contributed by atoms with Gasteiger partial charge in [0.05, 0.1) is 22.4 Å². The molecule has 0 fully saturated rings. The first kappa shape index (κ1) is 38.3. The number of rotatable bonds is 6. The third kappa shape index (κ3) is 5.84. The van der Waals surface area contributed by atoms with Crippen LogP contribution < -0.4 is 4.90 Å². The Balaban J connectivity index is 1.01. The van der Waals surface area contributed by atoms with Crippen molar-refractivity contribution in [3.8, 4) is 27.9 Å².